The van der Waals surface area contributed by atoms with Crippen molar-refractivity contribution in [2.45, 2.75) is 24.9 Å². The van der Waals surface area contributed by atoms with Crippen LogP contribution < -0.4 is 50.0 Å². The van der Waals surface area contributed by atoms with Gasteiger partial charge in [0.15, 0.2) is 0 Å². The Morgan fingerprint density at radius 3 is 2.44 bits per heavy atom. The average molecular weight is 546 g/mol. The molecule has 15 heteroatoms. The fourth-order valence-corrected chi connectivity index (χ4v) is 4.91. The number of aliphatic carboxylic acids is 1. The van der Waals surface area contributed by atoms with Crippen LogP contribution in [0.1, 0.15) is 13.8 Å². The van der Waals surface area contributed by atoms with Gasteiger partial charge in [0.25, 0.3) is 11.0 Å². The number of esters is 1. The number of rotatable bonds is 7. The van der Waals surface area contributed by atoms with Crippen molar-refractivity contribution in [3.8, 4) is 5.75 Å². The molecule has 1 saturated heterocycles. The topological polar surface area (TPSA) is 163 Å². The zero-order chi connectivity index (χ0) is 25.8. The Kier molecular flexibility index (Phi) is 10.3. The summed E-state index contributed by atoms with van der Waals surface area (Å²) < 4.78 is 15.1. The number of thiocarbonyl (C=S) groups is 1. The van der Waals surface area contributed by atoms with E-state index in [4.69, 9.17) is 26.4 Å². The molecule has 0 unspecified atom stereocenters. The second kappa shape index (κ2) is 12.5. The number of carbonyl (C=O) groups is 5. The number of hydrogen-bond acceptors (Lipinski definition) is 11. The van der Waals surface area contributed by atoms with Crippen molar-refractivity contribution in [2.24, 2.45) is 0 Å². The van der Waals surface area contributed by atoms with Gasteiger partial charge in [-0.3, -0.25) is 24.6 Å². The number of carboxylic acid groups (broad SMARTS) is 1. The quantitative estimate of drug-likeness (QED) is 0.115. The van der Waals surface area contributed by atoms with Gasteiger partial charge in [0.2, 0.25) is 5.66 Å². The summed E-state index contributed by atoms with van der Waals surface area (Å²) >= 11 is 6.04. The van der Waals surface area contributed by atoms with E-state index < -0.39 is 51.6 Å². The molecular formula is C21H20N3NaO9S2. The van der Waals surface area contributed by atoms with Gasteiger partial charge in [-0.15, -0.1) is 11.8 Å². The van der Waals surface area contributed by atoms with Gasteiger partial charge in [0, 0.05) is 18.2 Å². The summed E-state index contributed by atoms with van der Waals surface area (Å²) in [4.78, 5) is 62.2. The molecule has 0 saturated carbocycles. The predicted molar refractivity (Wildman–Crippen MR) is 122 cm³/mol. The molecule has 1 fully saturated rings. The van der Waals surface area contributed by atoms with E-state index >= 15 is 0 Å². The maximum Gasteiger partial charge on any atom is 1.00 e. The standard InChI is InChI=1S/C21H21N3O9S2.Na/c1-3-31-20(30)23-21(22-15(26)17(34)33-13-7-5-4-6-8-13)18(29)24-14(16(27)28)12(9-32-11(2)25)10-35-19(21)24;/h4-8,19H,3,9-10H2,1-2H3,(H,22,26)(H,23,30)(H,27,28);/q;+1/p-1/t19-,21+;/m1./s1. The maximum absolute atomic E-state index is 13.3. The molecule has 2 aliphatic heterocycles. The first-order valence-corrected chi connectivity index (χ1v) is 11.6. The number of amides is 3. The number of hydrogen-bond donors (Lipinski definition) is 2. The van der Waals surface area contributed by atoms with Gasteiger partial charge in [0.1, 0.15) is 17.7 Å². The number of thioether (sulfide) groups is 1. The summed E-state index contributed by atoms with van der Waals surface area (Å²) in [5.41, 5.74) is -2.49. The average Bonchev–Trinajstić information content (AvgIpc) is 2.81. The number of fused-ring (bicyclic) bond motifs is 1. The van der Waals surface area contributed by atoms with Crippen LogP contribution in [0.25, 0.3) is 0 Å². The minimum Gasteiger partial charge on any atom is -0.543 e. The van der Waals surface area contributed by atoms with E-state index in [-0.39, 0.29) is 59.8 Å². The smallest absolute Gasteiger partial charge is 0.543 e. The summed E-state index contributed by atoms with van der Waals surface area (Å²) in [5.74, 6) is -4.06. The van der Waals surface area contributed by atoms with Gasteiger partial charge < -0.3 is 29.4 Å². The summed E-state index contributed by atoms with van der Waals surface area (Å²) in [6, 6.07) is 8.16. The van der Waals surface area contributed by atoms with Crippen LogP contribution in [-0.2, 0) is 28.7 Å². The first-order chi connectivity index (χ1) is 16.6. The Balaban J connectivity index is 0.00000456. The third kappa shape index (κ3) is 6.18. The fourth-order valence-electron chi connectivity index (χ4n) is 3.37. The molecule has 1 aromatic rings. The molecule has 3 amide bonds. The molecule has 0 spiro atoms. The van der Waals surface area contributed by atoms with Crippen molar-refractivity contribution < 1.29 is 72.8 Å². The molecule has 1 aromatic carbocycles. The number of carbonyl (C=O) groups excluding carboxylic acids is 5. The third-order valence-electron chi connectivity index (χ3n) is 4.82. The van der Waals surface area contributed by atoms with E-state index in [0.717, 1.165) is 23.6 Å². The predicted octanol–water partition coefficient (Wildman–Crippen LogP) is -3.56. The van der Waals surface area contributed by atoms with Crippen molar-refractivity contribution >= 4 is 58.9 Å². The van der Waals surface area contributed by atoms with Gasteiger partial charge in [-0.2, -0.15) is 0 Å². The van der Waals surface area contributed by atoms with Crippen LogP contribution in [-0.4, -0.2) is 69.8 Å². The van der Waals surface area contributed by atoms with Crippen molar-refractivity contribution in [2.75, 3.05) is 19.0 Å². The third-order valence-corrected chi connectivity index (χ3v) is 6.48. The van der Waals surface area contributed by atoms with Gasteiger partial charge >= 0.3 is 47.5 Å². The van der Waals surface area contributed by atoms with Crippen molar-refractivity contribution in [3.05, 3.63) is 41.6 Å². The normalized spacial score (nSPS) is 20.1. The van der Waals surface area contributed by atoms with Crippen LogP contribution in [0.3, 0.4) is 0 Å². The van der Waals surface area contributed by atoms with E-state index in [1.54, 1.807) is 30.3 Å². The van der Waals surface area contributed by atoms with Gasteiger partial charge in [-0.25, -0.2) is 4.79 Å². The number of nitrogens with one attached hydrogen (secondary N) is 2. The Morgan fingerprint density at radius 2 is 1.86 bits per heavy atom. The molecule has 2 atom stereocenters. The van der Waals surface area contributed by atoms with Crippen molar-refractivity contribution in [3.63, 3.8) is 0 Å². The van der Waals surface area contributed by atoms with E-state index in [1.807, 2.05) is 0 Å². The summed E-state index contributed by atoms with van der Waals surface area (Å²) in [6.07, 6.45) is -1.03. The van der Waals surface area contributed by atoms with Crippen LogP contribution in [0.2, 0.25) is 0 Å². The van der Waals surface area contributed by atoms with Gasteiger partial charge in [0.05, 0.1) is 18.3 Å². The van der Waals surface area contributed by atoms with E-state index in [9.17, 15) is 29.1 Å². The minimum atomic E-state index is -2.09. The molecule has 0 bridgehead atoms. The first kappa shape index (κ1) is 29.6. The van der Waals surface area contributed by atoms with Crippen LogP contribution in [0, 0.1) is 0 Å². The Hall–Kier alpha value is -2.65. The molecule has 2 heterocycles. The van der Waals surface area contributed by atoms with Crippen molar-refractivity contribution in [1.29, 1.82) is 0 Å². The number of nitrogens with zero attached hydrogens (tertiary/aromatic N) is 1. The first-order valence-electron chi connectivity index (χ1n) is 10.2. The number of carboxylic acids is 1. The fraction of sp³-hybridized carbons (Fsp3) is 0.333. The number of benzene rings is 1. The monoisotopic (exact) mass is 545 g/mol. The summed E-state index contributed by atoms with van der Waals surface area (Å²) in [5, 5.41) is 14.9. The number of para-hydroxylation sites is 1. The Bertz CT molecular complexity index is 1120. The summed E-state index contributed by atoms with van der Waals surface area (Å²) in [6.45, 7) is 2.28. The largest absolute Gasteiger partial charge is 1.00 e. The zero-order valence-electron chi connectivity index (χ0n) is 19.5. The number of β-lactam (4-membered cyclic amide) rings is 1. The Morgan fingerprint density at radius 1 is 1.19 bits per heavy atom. The van der Waals surface area contributed by atoms with E-state index in [1.165, 1.54) is 6.92 Å². The number of alkyl carbamates (subject to hydrolysis) is 1. The second-order valence-electron chi connectivity index (χ2n) is 7.17. The zero-order valence-corrected chi connectivity index (χ0v) is 23.2. The summed E-state index contributed by atoms with van der Waals surface area (Å²) in [7, 11) is 0. The molecule has 36 heavy (non-hydrogen) atoms. The molecule has 2 aliphatic rings. The van der Waals surface area contributed by atoms with Crippen LogP contribution >= 0.6 is 24.0 Å². The van der Waals surface area contributed by atoms with Gasteiger partial charge in [-0.05, 0) is 31.3 Å². The van der Waals surface area contributed by atoms with Crippen LogP contribution in [0.4, 0.5) is 4.79 Å². The molecule has 12 nitrogen and oxygen atoms in total. The van der Waals surface area contributed by atoms with E-state index in [2.05, 4.69) is 10.6 Å². The molecule has 0 aliphatic carbocycles. The molecule has 2 N–H and O–H groups in total. The second-order valence-corrected chi connectivity index (χ2v) is 8.61. The molecule has 0 radical (unpaired) electrons. The molecule has 3 rings (SSSR count). The van der Waals surface area contributed by atoms with Crippen molar-refractivity contribution in [1.82, 2.24) is 15.5 Å². The SMILES string of the molecule is CCOC(=O)N[C@@]1(NC(=O)C(=S)Oc2ccccc2)C(=O)N2C(C(=O)[O-])=C(COC(C)=O)CS[C@@H]21.[Na+]. The minimum absolute atomic E-state index is 0. The molecular weight excluding hydrogens is 525 g/mol. The molecule has 0 aromatic heterocycles. The number of ether oxygens (including phenoxy) is 3. The maximum atomic E-state index is 13.3. The van der Waals surface area contributed by atoms with Crippen LogP contribution in [0.15, 0.2) is 41.6 Å². The van der Waals surface area contributed by atoms with Gasteiger partial charge in [-0.1, -0.05) is 18.2 Å². The van der Waals surface area contributed by atoms with E-state index in [0.29, 0.717) is 0 Å². The van der Waals surface area contributed by atoms with Crippen LogP contribution in [0.5, 0.6) is 5.75 Å². The molecule has 186 valence electrons. The Labute approximate surface area is 237 Å².